The summed E-state index contributed by atoms with van der Waals surface area (Å²) < 4.78 is 35.0. The Balaban J connectivity index is 1.48. The molecular weight excluding hydrogens is 492 g/mol. The van der Waals surface area contributed by atoms with Crippen molar-refractivity contribution in [3.05, 3.63) is 89.4 Å². The van der Waals surface area contributed by atoms with Gasteiger partial charge in [0.2, 0.25) is 0 Å². The van der Waals surface area contributed by atoms with Crippen LogP contribution in [0.2, 0.25) is 5.02 Å². The van der Waals surface area contributed by atoms with Crippen LogP contribution in [0, 0.1) is 5.92 Å². The van der Waals surface area contributed by atoms with Gasteiger partial charge in [0.05, 0.1) is 23.7 Å². The molecule has 0 bridgehead atoms. The maximum Gasteiger partial charge on any atom is 0.264 e. The molecule has 5 nitrogen and oxygen atoms in total. The van der Waals surface area contributed by atoms with Crippen molar-refractivity contribution in [1.29, 1.82) is 0 Å². The van der Waals surface area contributed by atoms with E-state index in [1.807, 2.05) is 42.5 Å². The van der Waals surface area contributed by atoms with E-state index in [1.54, 1.807) is 36.4 Å². The highest BCUT2D eigenvalue weighted by Crippen LogP contribution is 2.29. The van der Waals surface area contributed by atoms with Crippen molar-refractivity contribution in [2.24, 2.45) is 5.92 Å². The molecule has 1 heterocycles. The summed E-state index contributed by atoms with van der Waals surface area (Å²) in [6, 6.07) is 23.1. The third-order valence-electron chi connectivity index (χ3n) is 6.79. The fraction of sp³-hybridized carbons (Fsp3) is 0.379. The molecule has 1 aliphatic rings. The largest absolute Gasteiger partial charge is 0.493 e. The third kappa shape index (κ3) is 6.81. The number of benzene rings is 3. The van der Waals surface area contributed by atoms with Crippen molar-refractivity contribution in [2.45, 2.75) is 44.0 Å². The second kappa shape index (κ2) is 12.6. The molecule has 7 heteroatoms. The fourth-order valence-electron chi connectivity index (χ4n) is 4.73. The van der Waals surface area contributed by atoms with Crippen molar-refractivity contribution >= 4 is 27.3 Å². The minimum Gasteiger partial charge on any atom is -0.493 e. The summed E-state index contributed by atoms with van der Waals surface area (Å²) in [5.41, 5.74) is 1.42. The highest BCUT2D eigenvalue weighted by molar-refractivity contribution is 7.92. The maximum atomic E-state index is 13.7. The molecule has 192 valence electrons. The predicted molar refractivity (Wildman–Crippen MR) is 147 cm³/mol. The first kappa shape index (κ1) is 26.5. The van der Waals surface area contributed by atoms with Gasteiger partial charge in [-0.3, -0.25) is 4.31 Å². The van der Waals surface area contributed by atoms with Gasteiger partial charge in [-0.25, -0.2) is 8.42 Å². The summed E-state index contributed by atoms with van der Waals surface area (Å²) >= 11 is 6.01. The van der Waals surface area contributed by atoms with E-state index in [9.17, 15) is 8.42 Å². The van der Waals surface area contributed by atoms with Gasteiger partial charge in [-0.2, -0.15) is 0 Å². The Labute approximate surface area is 220 Å². The molecular formula is C29H35ClN2O3S. The van der Waals surface area contributed by atoms with Crippen LogP contribution in [0.5, 0.6) is 5.75 Å². The van der Waals surface area contributed by atoms with Crippen molar-refractivity contribution in [2.75, 3.05) is 30.5 Å². The van der Waals surface area contributed by atoms with E-state index in [4.69, 9.17) is 16.3 Å². The smallest absolute Gasteiger partial charge is 0.264 e. The Kier molecular flexibility index (Phi) is 9.30. The standard InChI is InChI=1S/C29H35ClN2O3S/c1-2-24-10-8-19-31(22-24)20-9-21-35-29-14-7-6-11-25(29)23-32(27-12-4-3-5-13-27)36(33,34)28-17-15-26(30)16-18-28/h3-7,11-18,24H,2,8-10,19-23H2,1H3. The Morgan fingerprint density at radius 3 is 2.47 bits per heavy atom. The quantitative estimate of drug-likeness (QED) is 0.263. The van der Waals surface area contributed by atoms with Crippen LogP contribution < -0.4 is 9.04 Å². The van der Waals surface area contributed by atoms with Gasteiger partial charge in [-0.1, -0.05) is 61.3 Å². The van der Waals surface area contributed by atoms with Crippen LogP contribution >= 0.6 is 11.6 Å². The Bertz CT molecular complexity index is 1200. The van der Waals surface area contributed by atoms with Crippen LogP contribution in [0.1, 0.15) is 38.2 Å². The van der Waals surface area contributed by atoms with Crippen LogP contribution in [-0.2, 0) is 16.6 Å². The van der Waals surface area contributed by atoms with Crippen LogP contribution in [0.3, 0.4) is 0 Å². The first-order chi connectivity index (χ1) is 17.5. The van der Waals surface area contributed by atoms with Gasteiger partial charge in [-0.05, 0) is 74.2 Å². The molecule has 1 saturated heterocycles. The number of halogens is 1. The second-order valence-electron chi connectivity index (χ2n) is 9.33. The highest BCUT2D eigenvalue weighted by atomic mass is 35.5. The summed E-state index contributed by atoms with van der Waals surface area (Å²) in [6.45, 7) is 6.41. The number of nitrogens with zero attached hydrogens (tertiary/aromatic N) is 2. The SMILES string of the molecule is CCC1CCCN(CCCOc2ccccc2CN(c2ccccc2)S(=O)(=O)c2ccc(Cl)cc2)C1. The topological polar surface area (TPSA) is 49.9 Å². The maximum absolute atomic E-state index is 13.7. The monoisotopic (exact) mass is 526 g/mol. The van der Waals surface area contributed by atoms with E-state index < -0.39 is 10.0 Å². The normalized spacial score (nSPS) is 16.6. The second-order valence-corrected chi connectivity index (χ2v) is 11.6. The zero-order valence-electron chi connectivity index (χ0n) is 20.9. The number of sulfonamides is 1. The molecule has 0 saturated carbocycles. The number of rotatable bonds is 11. The molecule has 1 aliphatic heterocycles. The molecule has 4 rings (SSSR count). The van der Waals surface area contributed by atoms with E-state index in [0.29, 0.717) is 17.3 Å². The number of hydrogen-bond donors (Lipinski definition) is 0. The van der Waals surface area contributed by atoms with Gasteiger partial charge >= 0.3 is 0 Å². The number of hydrogen-bond acceptors (Lipinski definition) is 4. The molecule has 0 radical (unpaired) electrons. The molecule has 0 amide bonds. The summed E-state index contributed by atoms with van der Waals surface area (Å²) in [5, 5.41) is 0.494. The molecule has 0 aliphatic carbocycles. The predicted octanol–water partition coefficient (Wildman–Crippen LogP) is 6.63. The molecule has 1 unspecified atom stereocenters. The van der Waals surface area contributed by atoms with E-state index in [1.165, 1.54) is 36.7 Å². The summed E-state index contributed by atoms with van der Waals surface area (Å²) in [5.74, 6) is 1.53. The van der Waals surface area contributed by atoms with Gasteiger partial charge in [0.15, 0.2) is 0 Å². The minimum atomic E-state index is -3.82. The Morgan fingerprint density at radius 1 is 1.00 bits per heavy atom. The first-order valence-electron chi connectivity index (χ1n) is 12.7. The molecule has 1 fully saturated rings. The molecule has 3 aromatic carbocycles. The summed E-state index contributed by atoms with van der Waals surface area (Å²) in [6.07, 6.45) is 4.81. The van der Waals surface area contributed by atoms with Crippen LogP contribution in [0.25, 0.3) is 0 Å². The Morgan fingerprint density at radius 2 is 1.72 bits per heavy atom. The van der Waals surface area contributed by atoms with E-state index in [2.05, 4.69) is 11.8 Å². The van der Waals surface area contributed by atoms with Crippen molar-refractivity contribution in [3.63, 3.8) is 0 Å². The van der Waals surface area contributed by atoms with Crippen molar-refractivity contribution in [3.8, 4) is 5.75 Å². The lowest BCUT2D eigenvalue weighted by molar-refractivity contribution is 0.159. The number of anilines is 1. The molecule has 0 N–H and O–H groups in total. The fourth-order valence-corrected chi connectivity index (χ4v) is 6.30. The number of para-hydroxylation sites is 2. The number of piperidine rings is 1. The zero-order chi connectivity index (χ0) is 25.4. The van der Waals surface area contributed by atoms with Gasteiger partial charge in [-0.15, -0.1) is 0 Å². The number of ether oxygens (including phenoxy) is 1. The molecule has 3 aromatic rings. The van der Waals surface area contributed by atoms with E-state index in [0.717, 1.165) is 30.2 Å². The lowest BCUT2D eigenvalue weighted by atomic mass is 9.96. The van der Waals surface area contributed by atoms with Crippen LogP contribution in [-0.4, -0.2) is 39.6 Å². The first-order valence-corrected chi connectivity index (χ1v) is 14.6. The lowest BCUT2D eigenvalue weighted by Gasteiger charge is -2.32. The molecule has 0 spiro atoms. The molecule has 1 atom stereocenters. The van der Waals surface area contributed by atoms with E-state index in [-0.39, 0.29) is 11.4 Å². The van der Waals surface area contributed by atoms with Gasteiger partial charge in [0.25, 0.3) is 10.0 Å². The van der Waals surface area contributed by atoms with Gasteiger partial charge < -0.3 is 9.64 Å². The summed E-state index contributed by atoms with van der Waals surface area (Å²) in [4.78, 5) is 2.74. The lowest BCUT2D eigenvalue weighted by Crippen LogP contribution is -2.36. The zero-order valence-corrected chi connectivity index (χ0v) is 22.4. The molecule has 36 heavy (non-hydrogen) atoms. The third-order valence-corrected chi connectivity index (χ3v) is 8.83. The average molecular weight is 527 g/mol. The van der Waals surface area contributed by atoms with Crippen LogP contribution in [0.4, 0.5) is 5.69 Å². The highest BCUT2D eigenvalue weighted by Gasteiger charge is 2.26. The van der Waals surface area contributed by atoms with Gasteiger partial charge in [0, 0.05) is 23.7 Å². The minimum absolute atomic E-state index is 0.162. The van der Waals surface area contributed by atoms with E-state index >= 15 is 0 Å². The van der Waals surface area contributed by atoms with Crippen molar-refractivity contribution in [1.82, 2.24) is 4.90 Å². The van der Waals surface area contributed by atoms with Crippen molar-refractivity contribution < 1.29 is 13.2 Å². The molecule has 0 aromatic heterocycles. The average Bonchev–Trinajstić information content (AvgIpc) is 2.91. The Hall–Kier alpha value is -2.54. The number of likely N-dealkylation sites (tertiary alicyclic amines) is 1. The van der Waals surface area contributed by atoms with Crippen LogP contribution in [0.15, 0.2) is 83.8 Å². The summed E-state index contributed by atoms with van der Waals surface area (Å²) in [7, 11) is -3.82. The van der Waals surface area contributed by atoms with Gasteiger partial charge in [0.1, 0.15) is 5.75 Å².